The second kappa shape index (κ2) is 14.5. The molecule has 2 aliphatic rings. The summed E-state index contributed by atoms with van der Waals surface area (Å²) in [4.78, 5) is 3.48. The molecular formula is C36H30Cl4F6N2. The van der Waals surface area contributed by atoms with Gasteiger partial charge in [0.15, 0.2) is 0 Å². The zero-order chi connectivity index (χ0) is 34.7. The van der Waals surface area contributed by atoms with Gasteiger partial charge in [0.1, 0.15) is 10.8 Å². The first-order chi connectivity index (χ1) is 22.6. The first-order valence-electron chi connectivity index (χ1n) is 14.9. The lowest BCUT2D eigenvalue weighted by Gasteiger charge is -2.33. The number of alkyl halides is 6. The van der Waals surface area contributed by atoms with Crippen LogP contribution in [0.4, 0.5) is 26.3 Å². The molecule has 0 N–H and O–H groups in total. The van der Waals surface area contributed by atoms with E-state index in [0.717, 1.165) is 11.1 Å². The van der Waals surface area contributed by atoms with Gasteiger partial charge in [0, 0.05) is 46.3 Å². The summed E-state index contributed by atoms with van der Waals surface area (Å²) >= 11 is 23.7. The zero-order valence-electron chi connectivity index (χ0n) is 25.3. The maximum Gasteiger partial charge on any atom is 0.403 e. The molecule has 0 aliphatic carbocycles. The maximum atomic E-state index is 14.0. The van der Waals surface area contributed by atoms with Gasteiger partial charge < -0.3 is 4.90 Å². The number of rotatable bonds is 6. The minimum atomic E-state index is -4.46. The molecule has 1 fully saturated rings. The third-order valence-corrected chi connectivity index (χ3v) is 9.56. The molecule has 0 radical (unpaired) electrons. The highest BCUT2D eigenvalue weighted by Gasteiger charge is 2.59. The summed E-state index contributed by atoms with van der Waals surface area (Å²) < 4.78 is 83.6. The van der Waals surface area contributed by atoms with Crippen molar-refractivity contribution in [1.82, 2.24) is 9.80 Å². The fraction of sp³-hybridized carbons (Fsp3) is 0.278. The Hall–Kier alpha value is -2.88. The van der Waals surface area contributed by atoms with Crippen LogP contribution in [0.5, 0.6) is 0 Å². The van der Waals surface area contributed by atoms with Crippen LogP contribution < -0.4 is 0 Å². The largest absolute Gasteiger partial charge is 0.403 e. The van der Waals surface area contributed by atoms with Crippen LogP contribution in [0, 0.1) is 0 Å². The number of likely N-dealkylation sites (tertiary alicyclic amines) is 1. The molecule has 0 amide bonds. The standard InChI is InChI=1S/C18H16Cl2F3N.C18H14Cl2F3N/c2*19-15-8-14(9-16(20)10-15)17(18(21,22)23)6-7-24(12-17)11-13-4-2-1-3-5-13/h1-5,8-10H,6-7,11-12H2;1-10H,11-12H2. The van der Waals surface area contributed by atoms with E-state index in [1.165, 1.54) is 48.7 Å². The Morgan fingerprint density at radius 2 is 1.06 bits per heavy atom. The van der Waals surface area contributed by atoms with Gasteiger partial charge in [-0.15, -0.1) is 0 Å². The zero-order valence-corrected chi connectivity index (χ0v) is 28.3. The lowest BCUT2D eigenvalue weighted by atomic mass is 9.79. The van der Waals surface area contributed by atoms with Crippen LogP contribution in [0.3, 0.4) is 0 Å². The molecule has 0 bridgehead atoms. The quantitative estimate of drug-likeness (QED) is 0.181. The molecule has 6 rings (SSSR count). The van der Waals surface area contributed by atoms with E-state index in [1.54, 1.807) is 4.90 Å². The van der Waals surface area contributed by atoms with Gasteiger partial charge in [-0.2, -0.15) is 26.3 Å². The van der Waals surface area contributed by atoms with Gasteiger partial charge in [0.2, 0.25) is 0 Å². The SMILES string of the molecule is FC(F)(F)C1(c2cc(Cl)cc(Cl)c2)C=CN(Cc2ccccc2)C1.FC(F)(F)C1(c2cc(Cl)cc(Cl)c2)CCN(Cc2ccccc2)C1. The third kappa shape index (κ3) is 8.11. The molecule has 1 saturated heterocycles. The predicted octanol–water partition coefficient (Wildman–Crippen LogP) is 11.5. The number of halogens is 10. The Bertz CT molecular complexity index is 1690. The maximum absolute atomic E-state index is 14.0. The molecule has 0 aromatic heterocycles. The fourth-order valence-electron chi connectivity index (χ4n) is 6.26. The molecule has 0 spiro atoms. The predicted molar refractivity (Wildman–Crippen MR) is 181 cm³/mol. The topological polar surface area (TPSA) is 6.48 Å². The van der Waals surface area contributed by atoms with E-state index in [0.29, 0.717) is 19.6 Å². The van der Waals surface area contributed by atoms with E-state index in [9.17, 15) is 26.3 Å². The minimum absolute atomic E-state index is 0.00000465. The minimum Gasteiger partial charge on any atom is -0.372 e. The van der Waals surface area contributed by atoms with Crippen LogP contribution in [0.2, 0.25) is 20.1 Å². The first kappa shape index (κ1) is 36.4. The van der Waals surface area contributed by atoms with Gasteiger partial charge in [-0.25, -0.2) is 0 Å². The van der Waals surface area contributed by atoms with Crippen LogP contribution in [-0.2, 0) is 23.9 Å². The van der Waals surface area contributed by atoms with Crippen molar-refractivity contribution in [2.45, 2.75) is 42.7 Å². The summed E-state index contributed by atoms with van der Waals surface area (Å²) in [5, 5.41) is 0.831. The van der Waals surface area contributed by atoms with Gasteiger partial charge in [-0.3, -0.25) is 4.90 Å². The van der Waals surface area contributed by atoms with Crippen molar-refractivity contribution in [2.75, 3.05) is 19.6 Å². The van der Waals surface area contributed by atoms with Crippen LogP contribution >= 0.6 is 46.4 Å². The van der Waals surface area contributed by atoms with Crippen molar-refractivity contribution >= 4 is 46.4 Å². The second-order valence-corrected chi connectivity index (χ2v) is 13.8. The smallest absolute Gasteiger partial charge is 0.372 e. The molecule has 0 saturated carbocycles. The van der Waals surface area contributed by atoms with Crippen molar-refractivity contribution in [3.63, 3.8) is 0 Å². The van der Waals surface area contributed by atoms with Crippen molar-refractivity contribution in [3.8, 4) is 0 Å². The highest BCUT2D eigenvalue weighted by molar-refractivity contribution is 6.35. The molecule has 2 unspecified atom stereocenters. The second-order valence-electron chi connectivity index (χ2n) is 12.0. The van der Waals surface area contributed by atoms with E-state index >= 15 is 0 Å². The van der Waals surface area contributed by atoms with Gasteiger partial charge >= 0.3 is 12.4 Å². The van der Waals surface area contributed by atoms with Crippen molar-refractivity contribution < 1.29 is 26.3 Å². The molecule has 2 aliphatic heterocycles. The van der Waals surface area contributed by atoms with Crippen LogP contribution in [-0.4, -0.2) is 41.8 Å². The van der Waals surface area contributed by atoms with E-state index in [2.05, 4.69) is 0 Å². The lowest BCUT2D eigenvalue weighted by Crippen LogP contribution is -2.45. The van der Waals surface area contributed by atoms with Crippen molar-refractivity contribution in [3.05, 3.63) is 152 Å². The molecule has 4 aromatic rings. The van der Waals surface area contributed by atoms with Crippen molar-refractivity contribution in [2.24, 2.45) is 0 Å². The monoisotopic (exact) mass is 744 g/mol. The van der Waals surface area contributed by atoms with E-state index in [-0.39, 0.29) is 50.7 Å². The van der Waals surface area contributed by atoms with Crippen LogP contribution in [0.25, 0.3) is 0 Å². The van der Waals surface area contributed by atoms with Crippen LogP contribution in [0.1, 0.15) is 28.7 Å². The van der Waals surface area contributed by atoms with E-state index < -0.39 is 23.2 Å². The summed E-state index contributed by atoms with van der Waals surface area (Å²) in [6, 6.07) is 27.2. The number of hydrogen-bond acceptors (Lipinski definition) is 2. The molecule has 2 atom stereocenters. The molecule has 2 nitrogen and oxygen atoms in total. The Morgan fingerprint density at radius 3 is 1.54 bits per heavy atom. The Labute approximate surface area is 295 Å². The first-order valence-corrected chi connectivity index (χ1v) is 16.4. The van der Waals surface area contributed by atoms with E-state index in [1.807, 2.05) is 65.6 Å². The summed E-state index contributed by atoms with van der Waals surface area (Å²) in [6.45, 7) is 0.971. The highest BCUT2D eigenvalue weighted by atomic mass is 35.5. The van der Waals surface area contributed by atoms with Crippen molar-refractivity contribution in [1.29, 1.82) is 0 Å². The molecule has 12 heteroatoms. The molecular weight excluding hydrogens is 716 g/mol. The molecule has 4 aromatic carbocycles. The Morgan fingerprint density at radius 1 is 0.583 bits per heavy atom. The van der Waals surface area contributed by atoms with Gasteiger partial charge in [0.05, 0.1) is 0 Å². The summed E-state index contributed by atoms with van der Waals surface area (Å²) in [5.74, 6) is 0. The third-order valence-electron chi connectivity index (χ3n) is 8.69. The Balaban J connectivity index is 0.000000188. The summed E-state index contributed by atoms with van der Waals surface area (Å²) in [5.41, 5.74) is -1.90. The normalized spacial score (nSPS) is 21.3. The molecule has 254 valence electrons. The van der Waals surface area contributed by atoms with Gasteiger partial charge in [-0.05, 0) is 83.9 Å². The van der Waals surface area contributed by atoms with Crippen LogP contribution in [0.15, 0.2) is 109 Å². The molecule has 48 heavy (non-hydrogen) atoms. The number of nitrogens with zero attached hydrogens (tertiary/aromatic N) is 2. The highest BCUT2D eigenvalue weighted by Crippen LogP contribution is 2.49. The number of hydrogen-bond donors (Lipinski definition) is 0. The summed E-state index contributed by atoms with van der Waals surface area (Å²) in [7, 11) is 0. The Kier molecular flexibility index (Phi) is 11.0. The van der Waals surface area contributed by atoms with E-state index in [4.69, 9.17) is 46.4 Å². The van der Waals surface area contributed by atoms with Gasteiger partial charge in [0.25, 0.3) is 0 Å². The summed E-state index contributed by atoms with van der Waals surface area (Å²) in [6.07, 6.45) is -6.14. The number of benzene rings is 4. The fourth-order valence-corrected chi connectivity index (χ4v) is 7.31. The average molecular weight is 746 g/mol. The average Bonchev–Trinajstić information content (AvgIpc) is 3.64. The lowest BCUT2D eigenvalue weighted by molar-refractivity contribution is -0.187. The van der Waals surface area contributed by atoms with Gasteiger partial charge in [-0.1, -0.05) is 107 Å². The molecule has 2 heterocycles.